The largest absolute Gasteiger partial charge is 0.397 e. The topological polar surface area (TPSA) is 38.0 Å². The number of hydrogen-bond donors (Lipinski definition) is 2. The molecule has 0 spiro atoms. The molecule has 0 aromatic rings. The maximum atomic E-state index is 5.69. The molecule has 0 saturated carbocycles. The first-order valence-corrected chi connectivity index (χ1v) is 3.79. The molecule has 0 aliphatic carbocycles. The van der Waals surface area contributed by atoms with Gasteiger partial charge in [0.25, 0.3) is 0 Å². The summed E-state index contributed by atoms with van der Waals surface area (Å²) in [7, 11) is 0. The van der Waals surface area contributed by atoms with Gasteiger partial charge in [-0.15, -0.1) is 0 Å². The molecule has 0 bridgehead atoms. The third-order valence-corrected chi connectivity index (χ3v) is 1.37. The van der Waals surface area contributed by atoms with Crippen LogP contribution >= 0.6 is 0 Å². The molecule has 0 rings (SSSR count). The molecule has 0 aliphatic heterocycles. The van der Waals surface area contributed by atoms with Gasteiger partial charge in [0, 0.05) is 11.4 Å². The van der Waals surface area contributed by atoms with Gasteiger partial charge in [0.2, 0.25) is 0 Å². The quantitative estimate of drug-likeness (QED) is 0.624. The Balaban J connectivity index is 4.35. The summed E-state index contributed by atoms with van der Waals surface area (Å²) >= 11 is 0. The molecule has 0 unspecified atom stereocenters. The fourth-order valence-electron chi connectivity index (χ4n) is 0.669. The summed E-state index contributed by atoms with van der Waals surface area (Å²) in [4.78, 5) is 0. The van der Waals surface area contributed by atoms with Crippen LogP contribution in [-0.4, -0.2) is 0 Å². The van der Waals surface area contributed by atoms with Gasteiger partial charge in [-0.2, -0.15) is 0 Å². The number of allylic oxidation sites excluding steroid dienone is 4. The summed E-state index contributed by atoms with van der Waals surface area (Å²) < 4.78 is 0. The summed E-state index contributed by atoms with van der Waals surface area (Å²) in [6, 6.07) is 0. The summed E-state index contributed by atoms with van der Waals surface area (Å²) in [5, 5.41) is 3.00. The van der Waals surface area contributed by atoms with Crippen molar-refractivity contribution < 1.29 is 0 Å². The highest BCUT2D eigenvalue weighted by Gasteiger charge is 1.92. The normalized spacial score (nSPS) is 12.5. The average Bonchev–Trinajstić information content (AvgIpc) is 2.04. The predicted octanol–water partition coefficient (Wildman–Crippen LogP) is 2.04. The van der Waals surface area contributed by atoms with E-state index in [9.17, 15) is 0 Å². The summed E-state index contributed by atoms with van der Waals surface area (Å²) in [6.45, 7) is 11.1. The molecule has 2 nitrogen and oxygen atoms in total. The minimum absolute atomic E-state index is 0.709. The molecule has 0 radical (unpaired) electrons. The predicted molar refractivity (Wildman–Crippen MR) is 54.2 cm³/mol. The summed E-state index contributed by atoms with van der Waals surface area (Å²) in [5.74, 6) is 0. The molecule has 0 aliphatic rings. The smallest absolute Gasteiger partial charge is 0.0504 e. The van der Waals surface area contributed by atoms with Crippen molar-refractivity contribution in [2.75, 3.05) is 0 Å². The molecule has 0 saturated heterocycles. The first kappa shape index (κ1) is 10.6. The van der Waals surface area contributed by atoms with Gasteiger partial charge in [0.05, 0.1) is 5.70 Å². The molecule has 66 valence electrons. The SMILES string of the molecule is C=CC(=C)N/C(C)=C(N)/C=C\C. The van der Waals surface area contributed by atoms with E-state index in [1.54, 1.807) is 6.08 Å². The van der Waals surface area contributed by atoms with E-state index in [0.717, 1.165) is 11.4 Å². The zero-order valence-corrected chi connectivity index (χ0v) is 7.72. The monoisotopic (exact) mass is 164 g/mol. The van der Waals surface area contributed by atoms with Crippen LogP contribution in [0.5, 0.6) is 0 Å². The van der Waals surface area contributed by atoms with Gasteiger partial charge in [-0.1, -0.05) is 19.2 Å². The van der Waals surface area contributed by atoms with Gasteiger partial charge < -0.3 is 11.1 Å². The van der Waals surface area contributed by atoms with Crippen molar-refractivity contribution in [1.29, 1.82) is 0 Å². The van der Waals surface area contributed by atoms with Gasteiger partial charge in [-0.3, -0.25) is 0 Å². The van der Waals surface area contributed by atoms with Crippen molar-refractivity contribution in [2.24, 2.45) is 5.73 Å². The lowest BCUT2D eigenvalue weighted by Crippen LogP contribution is -2.13. The van der Waals surface area contributed by atoms with Crippen molar-refractivity contribution in [3.05, 3.63) is 48.5 Å². The van der Waals surface area contributed by atoms with E-state index < -0.39 is 0 Å². The first-order chi connectivity index (χ1) is 5.61. The third-order valence-electron chi connectivity index (χ3n) is 1.37. The van der Waals surface area contributed by atoms with E-state index in [1.165, 1.54) is 0 Å². The molecule has 2 heteroatoms. The zero-order valence-electron chi connectivity index (χ0n) is 7.72. The Morgan fingerprint density at radius 1 is 1.50 bits per heavy atom. The van der Waals surface area contributed by atoms with Crippen molar-refractivity contribution in [3.63, 3.8) is 0 Å². The van der Waals surface area contributed by atoms with Gasteiger partial charge in [0.15, 0.2) is 0 Å². The fraction of sp³-hybridized carbons (Fsp3) is 0.200. The van der Waals surface area contributed by atoms with Crippen molar-refractivity contribution >= 4 is 0 Å². The molecule has 0 amide bonds. The molecule has 0 fully saturated rings. The second-order valence-electron chi connectivity index (χ2n) is 2.43. The van der Waals surface area contributed by atoms with Crippen LogP contribution in [0.4, 0.5) is 0 Å². The van der Waals surface area contributed by atoms with Crippen LogP contribution in [0.25, 0.3) is 0 Å². The van der Waals surface area contributed by atoms with Crippen molar-refractivity contribution in [1.82, 2.24) is 5.32 Å². The number of rotatable bonds is 4. The van der Waals surface area contributed by atoms with E-state index in [1.807, 2.05) is 26.0 Å². The molecule has 12 heavy (non-hydrogen) atoms. The zero-order chi connectivity index (χ0) is 9.56. The minimum Gasteiger partial charge on any atom is -0.397 e. The first-order valence-electron chi connectivity index (χ1n) is 3.79. The van der Waals surface area contributed by atoms with E-state index in [-0.39, 0.29) is 0 Å². The van der Waals surface area contributed by atoms with Gasteiger partial charge in [-0.25, -0.2) is 0 Å². The lowest BCUT2D eigenvalue weighted by molar-refractivity contribution is 0.981. The van der Waals surface area contributed by atoms with Crippen LogP contribution in [0.1, 0.15) is 13.8 Å². The number of hydrogen-bond acceptors (Lipinski definition) is 2. The minimum atomic E-state index is 0.709. The molecule has 0 aromatic carbocycles. The van der Waals surface area contributed by atoms with E-state index in [4.69, 9.17) is 5.73 Å². The van der Waals surface area contributed by atoms with Crippen LogP contribution in [-0.2, 0) is 0 Å². The second-order valence-corrected chi connectivity index (χ2v) is 2.43. The Morgan fingerprint density at radius 3 is 2.50 bits per heavy atom. The number of nitrogens with one attached hydrogen (secondary N) is 1. The molecule has 3 N–H and O–H groups in total. The van der Waals surface area contributed by atoms with Gasteiger partial charge in [-0.05, 0) is 26.0 Å². The molecular formula is C10H16N2. The van der Waals surface area contributed by atoms with E-state index in [2.05, 4.69) is 18.5 Å². The molecule has 0 heterocycles. The Morgan fingerprint density at radius 2 is 2.08 bits per heavy atom. The van der Waals surface area contributed by atoms with Crippen LogP contribution in [0.15, 0.2) is 48.5 Å². The highest BCUT2D eigenvalue weighted by molar-refractivity contribution is 5.24. The van der Waals surface area contributed by atoms with Crippen LogP contribution in [0.2, 0.25) is 0 Å². The number of nitrogens with two attached hydrogens (primary N) is 1. The van der Waals surface area contributed by atoms with Crippen molar-refractivity contribution in [3.8, 4) is 0 Å². The lowest BCUT2D eigenvalue weighted by atomic mass is 10.3. The van der Waals surface area contributed by atoms with E-state index in [0.29, 0.717) is 5.70 Å². The fourth-order valence-corrected chi connectivity index (χ4v) is 0.669. The average molecular weight is 164 g/mol. The maximum absolute atomic E-state index is 5.69. The molecule has 0 aromatic heterocycles. The molecular weight excluding hydrogens is 148 g/mol. The second kappa shape index (κ2) is 5.24. The lowest BCUT2D eigenvalue weighted by Gasteiger charge is -2.07. The van der Waals surface area contributed by atoms with Crippen LogP contribution < -0.4 is 11.1 Å². The Bertz CT molecular complexity index is 234. The standard InChI is InChI=1S/C10H16N2/c1-5-7-10(11)9(4)12-8(3)6-2/h5-7,12H,2-3,11H2,1,4H3/b7-5-,10-9-. The van der Waals surface area contributed by atoms with Gasteiger partial charge in [0.1, 0.15) is 0 Å². The maximum Gasteiger partial charge on any atom is 0.0504 e. The van der Waals surface area contributed by atoms with Crippen LogP contribution in [0, 0.1) is 0 Å². The third kappa shape index (κ3) is 3.66. The Kier molecular flexibility index (Phi) is 4.61. The Labute approximate surface area is 74.2 Å². The summed E-state index contributed by atoms with van der Waals surface area (Å²) in [6.07, 6.45) is 5.36. The highest BCUT2D eigenvalue weighted by atomic mass is 14.9. The van der Waals surface area contributed by atoms with Crippen LogP contribution in [0.3, 0.4) is 0 Å². The molecule has 0 atom stereocenters. The summed E-state index contributed by atoms with van der Waals surface area (Å²) in [5.41, 5.74) is 8.03. The van der Waals surface area contributed by atoms with Crippen molar-refractivity contribution in [2.45, 2.75) is 13.8 Å². The highest BCUT2D eigenvalue weighted by Crippen LogP contribution is 1.98. The van der Waals surface area contributed by atoms with E-state index >= 15 is 0 Å². The Hall–Kier alpha value is -1.44. The van der Waals surface area contributed by atoms with Gasteiger partial charge >= 0.3 is 0 Å².